The summed E-state index contributed by atoms with van der Waals surface area (Å²) in [6.07, 6.45) is 3.57. The molecule has 3 N–H and O–H groups in total. The fourth-order valence-corrected chi connectivity index (χ4v) is 7.32. The predicted molar refractivity (Wildman–Crippen MR) is 153 cm³/mol. The summed E-state index contributed by atoms with van der Waals surface area (Å²) in [5, 5.41) is 12.9. The number of aromatic nitrogens is 4. The van der Waals surface area contributed by atoms with E-state index in [1.54, 1.807) is 12.3 Å². The molecule has 0 amide bonds. The predicted octanol–water partition coefficient (Wildman–Crippen LogP) is 3.67. The molecule has 0 saturated carbocycles. The first-order chi connectivity index (χ1) is 19.9. The van der Waals surface area contributed by atoms with Gasteiger partial charge in [-0.15, -0.1) is 0 Å². The standard InChI is InChI=1S/C28H29F2N9OS/c29-17-11-28(5-1-8-39(28)13-17)15-40-27-35-21-10-16(19-2-3-20(30)24-22(19)36-26(32)41-24)12-34-23(21)25(37-27)38-9-7-33-18(14-38)4-6-31/h2-3,10,12,17-18,33H,1,4-5,7-9,11,13-15H2,(H2,32,36)/t17-,18+,28?/m1/s1. The molecule has 3 aromatic heterocycles. The monoisotopic (exact) mass is 577 g/mol. The molecule has 13 heteroatoms. The molecule has 3 fully saturated rings. The van der Waals surface area contributed by atoms with Crippen molar-refractivity contribution >= 4 is 43.5 Å². The van der Waals surface area contributed by atoms with Gasteiger partial charge in [-0.05, 0) is 37.6 Å². The average molecular weight is 578 g/mol. The van der Waals surface area contributed by atoms with Crippen LogP contribution in [0.2, 0.25) is 0 Å². The maximum Gasteiger partial charge on any atom is 0.319 e. The number of ether oxygens (including phenoxy) is 1. The summed E-state index contributed by atoms with van der Waals surface area (Å²) in [6.45, 7) is 3.57. The third kappa shape index (κ3) is 4.69. The molecule has 1 aromatic carbocycles. The number of hydrogen-bond donors (Lipinski definition) is 2. The van der Waals surface area contributed by atoms with Crippen LogP contribution in [0.4, 0.5) is 19.7 Å². The molecule has 3 aliphatic rings. The largest absolute Gasteiger partial charge is 0.461 e. The van der Waals surface area contributed by atoms with Crippen molar-refractivity contribution in [1.82, 2.24) is 30.2 Å². The highest BCUT2D eigenvalue weighted by Crippen LogP contribution is 2.41. The van der Waals surface area contributed by atoms with E-state index >= 15 is 0 Å². The molecule has 3 aliphatic heterocycles. The number of nitrogens with one attached hydrogen (secondary N) is 1. The molecule has 0 spiro atoms. The Balaban J connectivity index is 1.29. The van der Waals surface area contributed by atoms with Crippen LogP contribution >= 0.6 is 11.3 Å². The second-order valence-electron chi connectivity index (χ2n) is 11.1. The van der Waals surface area contributed by atoms with Gasteiger partial charge in [0.15, 0.2) is 10.9 Å². The van der Waals surface area contributed by atoms with Crippen molar-refractivity contribution in [3.63, 3.8) is 0 Å². The number of rotatable bonds is 6. The number of fused-ring (bicyclic) bond motifs is 3. The molecule has 3 atom stereocenters. The molecule has 4 aromatic rings. The maximum atomic E-state index is 14.5. The first-order valence-corrected chi connectivity index (χ1v) is 14.6. The molecular weight excluding hydrogens is 548 g/mol. The summed E-state index contributed by atoms with van der Waals surface area (Å²) in [7, 11) is 0. The number of nitriles is 1. The minimum atomic E-state index is -0.857. The quantitative estimate of drug-likeness (QED) is 0.350. The lowest BCUT2D eigenvalue weighted by molar-refractivity contribution is 0.107. The highest BCUT2D eigenvalue weighted by Gasteiger charge is 2.49. The molecule has 0 bridgehead atoms. The molecule has 6 heterocycles. The van der Waals surface area contributed by atoms with E-state index in [1.807, 2.05) is 6.07 Å². The molecule has 212 valence electrons. The van der Waals surface area contributed by atoms with Gasteiger partial charge in [-0.25, -0.2) is 13.8 Å². The first kappa shape index (κ1) is 26.2. The fourth-order valence-electron chi connectivity index (χ4n) is 6.55. The molecule has 0 aliphatic carbocycles. The third-order valence-corrected chi connectivity index (χ3v) is 9.34. The van der Waals surface area contributed by atoms with Gasteiger partial charge in [-0.1, -0.05) is 11.3 Å². The van der Waals surface area contributed by atoms with E-state index in [2.05, 4.69) is 26.2 Å². The van der Waals surface area contributed by atoms with Gasteiger partial charge in [-0.2, -0.15) is 15.2 Å². The smallest absolute Gasteiger partial charge is 0.319 e. The van der Waals surface area contributed by atoms with Gasteiger partial charge in [-0.3, -0.25) is 9.88 Å². The zero-order valence-corrected chi connectivity index (χ0v) is 23.1. The topological polar surface area (TPSA) is 129 Å². The number of hydrogen-bond acceptors (Lipinski definition) is 11. The van der Waals surface area contributed by atoms with Crippen molar-refractivity contribution in [2.24, 2.45) is 0 Å². The van der Waals surface area contributed by atoms with E-state index < -0.39 is 6.17 Å². The molecule has 0 radical (unpaired) electrons. The van der Waals surface area contributed by atoms with Gasteiger partial charge in [0.1, 0.15) is 24.1 Å². The van der Waals surface area contributed by atoms with Crippen LogP contribution in [0.1, 0.15) is 25.7 Å². The Morgan fingerprint density at radius 2 is 2.12 bits per heavy atom. The summed E-state index contributed by atoms with van der Waals surface area (Å²) in [4.78, 5) is 23.0. The zero-order chi connectivity index (χ0) is 28.1. The number of thiazole rings is 1. The van der Waals surface area contributed by atoms with Gasteiger partial charge in [0.2, 0.25) is 0 Å². The van der Waals surface area contributed by atoms with Gasteiger partial charge >= 0.3 is 6.01 Å². The number of nitrogens with zero attached hydrogens (tertiary/aromatic N) is 7. The summed E-state index contributed by atoms with van der Waals surface area (Å²) in [5.41, 5.74) is 8.62. The van der Waals surface area contributed by atoms with E-state index in [0.29, 0.717) is 83.8 Å². The summed E-state index contributed by atoms with van der Waals surface area (Å²) >= 11 is 1.10. The minimum Gasteiger partial charge on any atom is -0.461 e. The number of alkyl halides is 1. The highest BCUT2D eigenvalue weighted by molar-refractivity contribution is 7.22. The number of benzene rings is 1. The number of halogens is 2. The van der Waals surface area contributed by atoms with Crippen molar-refractivity contribution in [1.29, 1.82) is 5.26 Å². The van der Waals surface area contributed by atoms with Crippen LogP contribution in [-0.4, -0.2) is 81.9 Å². The first-order valence-electron chi connectivity index (χ1n) is 13.8. The lowest BCUT2D eigenvalue weighted by Crippen LogP contribution is -2.51. The van der Waals surface area contributed by atoms with Crippen LogP contribution in [0.15, 0.2) is 24.4 Å². The van der Waals surface area contributed by atoms with Crippen molar-refractivity contribution in [2.75, 3.05) is 50.0 Å². The fraction of sp³-hybridized carbons (Fsp3) is 0.464. The minimum absolute atomic E-state index is 0.00376. The van der Waals surface area contributed by atoms with Crippen LogP contribution in [0, 0.1) is 17.1 Å². The molecule has 10 nitrogen and oxygen atoms in total. The number of piperazine rings is 1. The van der Waals surface area contributed by atoms with E-state index in [1.165, 1.54) is 6.07 Å². The Labute approximate surface area is 239 Å². The molecule has 3 saturated heterocycles. The third-order valence-electron chi connectivity index (χ3n) is 8.44. The Hall–Kier alpha value is -3.73. The molecule has 7 rings (SSSR count). The van der Waals surface area contributed by atoms with E-state index in [-0.39, 0.29) is 28.5 Å². The second kappa shape index (κ2) is 10.3. The number of nitrogen functional groups attached to an aromatic ring is 1. The van der Waals surface area contributed by atoms with E-state index in [0.717, 1.165) is 30.7 Å². The van der Waals surface area contributed by atoms with Gasteiger partial charge < -0.3 is 20.7 Å². The SMILES string of the molecule is N#CC[C@H]1CN(c2nc(OCC34CCCN3C[C@H](F)C4)nc3cc(-c4ccc(F)c5sc(N)nc45)cnc23)CCN1. The Morgan fingerprint density at radius 3 is 3.00 bits per heavy atom. The lowest BCUT2D eigenvalue weighted by atomic mass is 9.95. The highest BCUT2D eigenvalue weighted by atomic mass is 32.1. The van der Waals surface area contributed by atoms with Crippen LogP contribution in [0.25, 0.3) is 32.4 Å². The van der Waals surface area contributed by atoms with Crippen molar-refractivity contribution in [3.05, 3.63) is 30.2 Å². The van der Waals surface area contributed by atoms with Crippen molar-refractivity contribution in [2.45, 2.75) is 43.4 Å². The summed E-state index contributed by atoms with van der Waals surface area (Å²) < 4.78 is 35.5. The molecule has 41 heavy (non-hydrogen) atoms. The van der Waals surface area contributed by atoms with Crippen LogP contribution in [0.5, 0.6) is 6.01 Å². The van der Waals surface area contributed by atoms with E-state index in [9.17, 15) is 14.0 Å². The van der Waals surface area contributed by atoms with Crippen LogP contribution in [0.3, 0.4) is 0 Å². The van der Waals surface area contributed by atoms with Crippen molar-refractivity contribution < 1.29 is 13.5 Å². The van der Waals surface area contributed by atoms with Crippen molar-refractivity contribution in [3.8, 4) is 23.2 Å². The molecule has 1 unspecified atom stereocenters. The zero-order valence-electron chi connectivity index (χ0n) is 22.3. The van der Waals surface area contributed by atoms with Gasteiger partial charge in [0, 0.05) is 56.0 Å². The number of nitrogens with two attached hydrogens (primary N) is 1. The van der Waals surface area contributed by atoms with Gasteiger partial charge in [0.05, 0.1) is 33.8 Å². The Kier molecular flexibility index (Phi) is 6.56. The second-order valence-corrected chi connectivity index (χ2v) is 12.1. The van der Waals surface area contributed by atoms with Crippen LogP contribution in [-0.2, 0) is 0 Å². The van der Waals surface area contributed by atoms with Crippen LogP contribution < -0.4 is 20.7 Å². The Bertz CT molecular complexity index is 1680. The Morgan fingerprint density at radius 1 is 1.22 bits per heavy atom. The summed E-state index contributed by atoms with van der Waals surface area (Å²) in [6, 6.07) is 7.39. The molecular formula is C28H29F2N9OS. The normalized spacial score (nSPS) is 24.7. The van der Waals surface area contributed by atoms with E-state index in [4.69, 9.17) is 25.4 Å². The average Bonchev–Trinajstić information content (AvgIpc) is 3.63. The maximum absolute atomic E-state index is 14.5. The number of pyridine rings is 1. The summed E-state index contributed by atoms with van der Waals surface area (Å²) in [5.74, 6) is 0.249. The number of anilines is 2. The van der Waals surface area contributed by atoms with Gasteiger partial charge in [0.25, 0.3) is 0 Å². The lowest BCUT2D eigenvalue weighted by Gasteiger charge is -2.34.